The molecule has 0 atom stereocenters. The van der Waals surface area contributed by atoms with Crippen LogP contribution in [0.2, 0.25) is 0 Å². The van der Waals surface area contributed by atoms with Gasteiger partial charge in [-0.15, -0.1) is 0 Å². The minimum atomic E-state index is -0.129. The SMILES string of the molecule is O=C(NCCOc1ccc2c(c1)OCO2)c1cccc(Br)c1. The first kappa shape index (κ1) is 14.7. The predicted octanol–water partition coefficient (Wildman–Crippen LogP) is 2.99. The molecular weight excluding hydrogens is 350 g/mol. The van der Waals surface area contributed by atoms with Gasteiger partial charge in [0.1, 0.15) is 12.4 Å². The second kappa shape index (κ2) is 6.70. The van der Waals surface area contributed by atoms with Crippen molar-refractivity contribution in [3.8, 4) is 17.2 Å². The summed E-state index contributed by atoms with van der Waals surface area (Å²) in [5.74, 6) is 1.95. The normalized spacial score (nSPS) is 12.0. The first-order valence-electron chi connectivity index (χ1n) is 6.78. The number of amides is 1. The molecule has 0 bridgehead atoms. The molecule has 0 unspecified atom stereocenters. The fourth-order valence-electron chi connectivity index (χ4n) is 2.03. The highest BCUT2D eigenvalue weighted by molar-refractivity contribution is 9.10. The van der Waals surface area contributed by atoms with Crippen LogP contribution in [0.4, 0.5) is 0 Å². The second-order valence-corrected chi connectivity index (χ2v) is 5.55. The molecule has 1 amide bonds. The van der Waals surface area contributed by atoms with E-state index in [0.29, 0.717) is 30.2 Å². The van der Waals surface area contributed by atoms with Crippen molar-refractivity contribution in [3.05, 3.63) is 52.5 Å². The van der Waals surface area contributed by atoms with E-state index in [0.717, 1.165) is 10.2 Å². The minimum Gasteiger partial charge on any atom is -0.492 e. The van der Waals surface area contributed by atoms with E-state index in [9.17, 15) is 4.79 Å². The van der Waals surface area contributed by atoms with E-state index in [4.69, 9.17) is 14.2 Å². The van der Waals surface area contributed by atoms with Crippen LogP contribution < -0.4 is 19.5 Å². The number of fused-ring (bicyclic) bond motifs is 1. The number of benzene rings is 2. The van der Waals surface area contributed by atoms with Crippen LogP contribution in [0.25, 0.3) is 0 Å². The Balaban J connectivity index is 1.46. The quantitative estimate of drug-likeness (QED) is 0.829. The number of rotatable bonds is 5. The number of carbonyl (C=O) groups is 1. The van der Waals surface area contributed by atoms with Gasteiger partial charge >= 0.3 is 0 Å². The third-order valence-corrected chi connectivity index (χ3v) is 3.58. The highest BCUT2D eigenvalue weighted by Gasteiger charge is 2.13. The molecule has 0 aliphatic carbocycles. The molecule has 0 fully saturated rings. The van der Waals surface area contributed by atoms with Crippen molar-refractivity contribution in [2.75, 3.05) is 19.9 Å². The molecule has 5 nitrogen and oxygen atoms in total. The Morgan fingerprint density at radius 1 is 1.18 bits per heavy atom. The number of ether oxygens (including phenoxy) is 3. The van der Waals surface area contributed by atoms with Crippen LogP contribution in [-0.2, 0) is 0 Å². The van der Waals surface area contributed by atoms with Crippen molar-refractivity contribution >= 4 is 21.8 Å². The molecule has 114 valence electrons. The predicted molar refractivity (Wildman–Crippen MR) is 84.5 cm³/mol. The van der Waals surface area contributed by atoms with Crippen molar-refractivity contribution in [1.82, 2.24) is 5.32 Å². The molecule has 0 aromatic heterocycles. The van der Waals surface area contributed by atoms with E-state index in [-0.39, 0.29) is 12.7 Å². The summed E-state index contributed by atoms with van der Waals surface area (Å²) in [6, 6.07) is 12.6. The topological polar surface area (TPSA) is 56.8 Å². The Bertz CT molecular complexity index is 690. The van der Waals surface area contributed by atoms with E-state index >= 15 is 0 Å². The van der Waals surface area contributed by atoms with Gasteiger partial charge in [-0.05, 0) is 30.3 Å². The molecule has 0 radical (unpaired) electrons. The molecular formula is C16H14BrNO4. The van der Waals surface area contributed by atoms with E-state index in [2.05, 4.69) is 21.2 Å². The highest BCUT2D eigenvalue weighted by Crippen LogP contribution is 2.34. The average molecular weight is 364 g/mol. The van der Waals surface area contributed by atoms with Gasteiger partial charge in [0.15, 0.2) is 11.5 Å². The standard InChI is InChI=1S/C16H14BrNO4/c17-12-3-1-2-11(8-12)16(19)18-6-7-20-13-4-5-14-15(9-13)22-10-21-14/h1-5,8-9H,6-7,10H2,(H,18,19). The Morgan fingerprint density at radius 3 is 2.91 bits per heavy atom. The number of hydrogen-bond acceptors (Lipinski definition) is 4. The van der Waals surface area contributed by atoms with E-state index in [1.807, 2.05) is 18.2 Å². The maximum Gasteiger partial charge on any atom is 0.251 e. The van der Waals surface area contributed by atoms with Crippen molar-refractivity contribution in [2.24, 2.45) is 0 Å². The monoisotopic (exact) mass is 363 g/mol. The molecule has 0 spiro atoms. The zero-order valence-electron chi connectivity index (χ0n) is 11.7. The summed E-state index contributed by atoms with van der Waals surface area (Å²) in [5, 5.41) is 2.81. The van der Waals surface area contributed by atoms with Crippen molar-refractivity contribution < 1.29 is 19.0 Å². The minimum absolute atomic E-state index is 0.129. The lowest BCUT2D eigenvalue weighted by Gasteiger charge is -2.08. The average Bonchev–Trinajstić information content (AvgIpc) is 2.99. The summed E-state index contributed by atoms with van der Waals surface area (Å²) in [6.45, 7) is 1.03. The molecule has 2 aromatic carbocycles. The van der Waals surface area contributed by atoms with Gasteiger partial charge in [-0.1, -0.05) is 22.0 Å². The lowest BCUT2D eigenvalue weighted by atomic mass is 10.2. The lowest BCUT2D eigenvalue weighted by molar-refractivity contribution is 0.0947. The molecule has 1 heterocycles. The first-order chi connectivity index (χ1) is 10.7. The Kier molecular flexibility index (Phi) is 4.48. The third kappa shape index (κ3) is 3.51. The molecule has 22 heavy (non-hydrogen) atoms. The summed E-state index contributed by atoms with van der Waals surface area (Å²) in [7, 11) is 0. The summed E-state index contributed by atoms with van der Waals surface area (Å²) in [4.78, 5) is 11.9. The van der Waals surface area contributed by atoms with Gasteiger partial charge in [0.2, 0.25) is 6.79 Å². The Morgan fingerprint density at radius 2 is 2.05 bits per heavy atom. The molecule has 1 N–H and O–H groups in total. The van der Waals surface area contributed by atoms with Gasteiger partial charge in [0, 0.05) is 16.1 Å². The van der Waals surface area contributed by atoms with Gasteiger partial charge in [0.25, 0.3) is 5.91 Å². The number of carbonyl (C=O) groups excluding carboxylic acids is 1. The van der Waals surface area contributed by atoms with Gasteiger partial charge in [-0.3, -0.25) is 4.79 Å². The summed E-state index contributed by atoms with van der Waals surface area (Å²) >= 11 is 3.34. The molecule has 6 heteroatoms. The fraction of sp³-hybridized carbons (Fsp3) is 0.188. The smallest absolute Gasteiger partial charge is 0.251 e. The van der Waals surface area contributed by atoms with Crippen LogP contribution >= 0.6 is 15.9 Å². The van der Waals surface area contributed by atoms with E-state index in [1.54, 1.807) is 24.3 Å². The van der Waals surface area contributed by atoms with Crippen LogP contribution in [0, 0.1) is 0 Å². The Hall–Kier alpha value is -2.21. The van der Waals surface area contributed by atoms with Gasteiger partial charge < -0.3 is 19.5 Å². The number of hydrogen-bond donors (Lipinski definition) is 1. The number of nitrogens with one attached hydrogen (secondary N) is 1. The fourth-order valence-corrected chi connectivity index (χ4v) is 2.43. The van der Waals surface area contributed by atoms with Crippen LogP contribution in [0.15, 0.2) is 46.9 Å². The van der Waals surface area contributed by atoms with Crippen molar-refractivity contribution in [3.63, 3.8) is 0 Å². The second-order valence-electron chi connectivity index (χ2n) is 4.63. The van der Waals surface area contributed by atoms with Gasteiger partial charge in [-0.25, -0.2) is 0 Å². The lowest BCUT2D eigenvalue weighted by Crippen LogP contribution is -2.28. The molecule has 0 saturated carbocycles. The maximum absolute atomic E-state index is 11.9. The van der Waals surface area contributed by atoms with Gasteiger partial charge in [-0.2, -0.15) is 0 Å². The maximum atomic E-state index is 11.9. The molecule has 0 saturated heterocycles. The van der Waals surface area contributed by atoms with Crippen LogP contribution in [0.5, 0.6) is 17.2 Å². The Labute approximate surface area is 136 Å². The molecule has 3 rings (SSSR count). The van der Waals surface area contributed by atoms with Crippen molar-refractivity contribution in [2.45, 2.75) is 0 Å². The van der Waals surface area contributed by atoms with E-state index in [1.165, 1.54) is 0 Å². The highest BCUT2D eigenvalue weighted by atomic mass is 79.9. The van der Waals surface area contributed by atoms with Crippen LogP contribution in [-0.4, -0.2) is 25.9 Å². The number of halogens is 1. The largest absolute Gasteiger partial charge is 0.492 e. The zero-order chi connectivity index (χ0) is 15.4. The van der Waals surface area contributed by atoms with E-state index < -0.39 is 0 Å². The summed E-state index contributed by atoms with van der Waals surface area (Å²) in [5.41, 5.74) is 0.609. The zero-order valence-corrected chi connectivity index (χ0v) is 13.3. The van der Waals surface area contributed by atoms with Gasteiger partial charge in [0.05, 0.1) is 6.54 Å². The third-order valence-electron chi connectivity index (χ3n) is 3.09. The van der Waals surface area contributed by atoms with Crippen LogP contribution in [0.1, 0.15) is 10.4 Å². The summed E-state index contributed by atoms with van der Waals surface area (Å²) in [6.07, 6.45) is 0. The van der Waals surface area contributed by atoms with Crippen molar-refractivity contribution in [1.29, 1.82) is 0 Å². The first-order valence-corrected chi connectivity index (χ1v) is 7.58. The molecule has 1 aliphatic rings. The summed E-state index contributed by atoms with van der Waals surface area (Å²) < 4.78 is 17.0. The molecule has 2 aromatic rings. The van der Waals surface area contributed by atoms with Crippen LogP contribution in [0.3, 0.4) is 0 Å². The molecule has 1 aliphatic heterocycles.